The van der Waals surface area contributed by atoms with Gasteiger partial charge in [-0.3, -0.25) is 14.6 Å². The molecule has 100 valence electrons. The van der Waals surface area contributed by atoms with Crippen LogP contribution in [0.15, 0.2) is 15.7 Å². The largest absolute Gasteiger partial charge is 0.396 e. The van der Waals surface area contributed by atoms with Gasteiger partial charge in [0.05, 0.1) is 6.42 Å². The fraction of sp³-hybridized carbons (Fsp3) is 0.545. The van der Waals surface area contributed by atoms with Crippen LogP contribution in [0, 0.1) is 5.41 Å². The predicted octanol–water partition coefficient (Wildman–Crippen LogP) is -1.26. The van der Waals surface area contributed by atoms with Crippen molar-refractivity contribution in [2.24, 2.45) is 5.41 Å². The number of hydrogen-bond donors (Lipinski definition) is 4. The normalized spacial score (nSPS) is 11.3. The Kier molecular flexibility index (Phi) is 4.43. The molecule has 0 saturated heterocycles. The van der Waals surface area contributed by atoms with Crippen LogP contribution in [-0.4, -0.2) is 34.1 Å². The van der Waals surface area contributed by atoms with Crippen molar-refractivity contribution >= 4 is 5.91 Å². The molecular formula is C11H17N3O4. The number of carbonyl (C=O) groups is 1. The molecule has 0 fully saturated rings. The van der Waals surface area contributed by atoms with Gasteiger partial charge in [-0.1, -0.05) is 13.8 Å². The number of hydrogen-bond acceptors (Lipinski definition) is 4. The number of rotatable bonds is 5. The van der Waals surface area contributed by atoms with E-state index in [0.717, 1.165) is 6.07 Å². The molecular weight excluding hydrogens is 238 g/mol. The van der Waals surface area contributed by atoms with Gasteiger partial charge in [0.1, 0.15) is 0 Å². The van der Waals surface area contributed by atoms with E-state index in [4.69, 9.17) is 5.11 Å². The van der Waals surface area contributed by atoms with Crippen molar-refractivity contribution in [3.05, 3.63) is 32.6 Å². The molecule has 1 aromatic heterocycles. The Hall–Kier alpha value is -1.89. The maximum Gasteiger partial charge on any atom is 0.325 e. The van der Waals surface area contributed by atoms with Crippen LogP contribution in [0.2, 0.25) is 0 Å². The zero-order valence-corrected chi connectivity index (χ0v) is 10.4. The topological polar surface area (TPSA) is 115 Å². The number of aromatic amines is 2. The molecule has 0 aliphatic carbocycles. The van der Waals surface area contributed by atoms with Gasteiger partial charge in [0.2, 0.25) is 5.91 Å². The Morgan fingerprint density at radius 2 is 2.06 bits per heavy atom. The van der Waals surface area contributed by atoms with E-state index in [-0.39, 0.29) is 24.6 Å². The van der Waals surface area contributed by atoms with Crippen LogP contribution < -0.4 is 16.6 Å². The number of H-pyrrole nitrogens is 2. The molecule has 1 heterocycles. The highest BCUT2D eigenvalue weighted by atomic mass is 16.3. The molecule has 1 rings (SSSR count). The lowest BCUT2D eigenvalue weighted by atomic mass is 9.95. The van der Waals surface area contributed by atoms with Gasteiger partial charge < -0.3 is 15.4 Å². The number of aliphatic hydroxyl groups excluding tert-OH is 1. The average molecular weight is 255 g/mol. The van der Waals surface area contributed by atoms with Crippen LogP contribution >= 0.6 is 0 Å². The van der Waals surface area contributed by atoms with Crippen molar-refractivity contribution in [1.29, 1.82) is 0 Å². The Balaban J connectivity index is 2.60. The molecule has 0 aliphatic rings. The quantitative estimate of drug-likeness (QED) is 0.525. The van der Waals surface area contributed by atoms with Gasteiger partial charge in [0, 0.05) is 30.3 Å². The Morgan fingerprint density at radius 1 is 1.39 bits per heavy atom. The maximum atomic E-state index is 11.6. The van der Waals surface area contributed by atoms with Crippen molar-refractivity contribution in [3.8, 4) is 0 Å². The zero-order valence-electron chi connectivity index (χ0n) is 10.4. The van der Waals surface area contributed by atoms with Crippen molar-refractivity contribution in [2.45, 2.75) is 20.3 Å². The standard InChI is InChI=1S/C11H17N3O4/c1-11(2,6-15)5-12-8(16)3-7-4-9(17)14-10(18)13-7/h4,15H,3,5-6H2,1-2H3,(H,12,16)(H2,13,14,17,18). The monoisotopic (exact) mass is 255 g/mol. The molecule has 0 unspecified atom stereocenters. The third-order valence-corrected chi connectivity index (χ3v) is 2.36. The number of carbonyl (C=O) groups excluding carboxylic acids is 1. The van der Waals surface area contributed by atoms with E-state index in [1.807, 2.05) is 18.8 Å². The van der Waals surface area contributed by atoms with E-state index in [1.54, 1.807) is 0 Å². The molecule has 1 amide bonds. The Bertz CT molecular complexity index is 501. The molecule has 7 nitrogen and oxygen atoms in total. The summed E-state index contributed by atoms with van der Waals surface area (Å²) in [4.78, 5) is 38.0. The molecule has 0 atom stereocenters. The van der Waals surface area contributed by atoms with E-state index in [0.29, 0.717) is 6.54 Å². The predicted molar refractivity (Wildman–Crippen MR) is 65.3 cm³/mol. The van der Waals surface area contributed by atoms with E-state index >= 15 is 0 Å². The third-order valence-electron chi connectivity index (χ3n) is 2.36. The smallest absolute Gasteiger partial charge is 0.325 e. The lowest BCUT2D eigenvalue weighted by molar-refractivity contribution is -0.121. The summed E-state index contributed by atoms with van der Waals surface area (Å²) in [6.07, 6.45) is -0.0827. The lowest BCUT2D eigenvalue weighted by Crippen LogP contribution is -2.37. The van der Waals surface area contributed by atoms with Crippen LogP contribution in [0.3, 0.4) is 0 Å². The third kappa shape index (κ3) is 4.54. The molecule has 18 heavy (non-hydrogen) atoms. The first-order valence-electron chi connectivity index (χ1n) is 5.52. The highest BCUT2D eigenvalue weighted by Gasteiger charge is 2.17. The van der Waals surface area contributed by atoms with Crippen LogP contribution in [0.5, 0.6) is 0 Å². The minimum Gasteiger partial charge on any atom is -0.396 e. The van der Waals surface area contributed by atoms with Crippen LogP contribution in [0.4, 0.5) is 0 Å². The van der Waals surface area contributed by atoms with Crippen LogP contribution in [0.25, 0.3) is 0 Å². The Labute approximate surface area is 103 Å². The van der Waals surface area contributed by atoms with E-state index in [2.05, 4.69) is 10.3 Å². The molecule has 4 N–H and O–H groups in total. The maximum absolute atomic E-state index is 11.6. The Morgan fingerprint density at radius 3 is 2.61 bits per heavy atom. The summed E-state index contributed by atoms with van der Waals surface area (Å²) < 4.78 is 0. The van der Waals surface area contributed by atoms with E-state index in [1.165, 1.54) is 0 Å². The second-order valence-corrected chi connectivity index (χ2v) is 4.89. The van der Waals surface area contributed by atoms with Crippen molar-refractivity contribution < 1.29 is 9.90 Å². The fourth-order valence-corrected chi connectivity index (χ4v) is 1.24. The van der Waals surface area contributed by atoms with Crippen LogP contribution in [-0.2, 0) is 11.2 Å². The van der Waals surface area contributed by atoms with E-state index < -0.39 is 16.7 Å². The van der Waals surface area contributed by atoms with Crippen molar-refractivity contribution in [3.63, 3.8) is 0 Å². The van der Waals surface area contributed by atoms with Gasteiger partial charge in [-0.2, -0.15) is 0 Å². The van der Waals surface area contributed by atoms with Crippen LogP contribution in [0.1, 0.15) is 19.5 Å². The van der Waals surface area contributed by atoms with Gasteiger partial charge in [0.25, 0.3) is 5.56 Å². The number of amides is 1. The van der Waals surface area contributed by atoms with Gasteiger partial charge in [0.15, 0.2) is 0 Å². The summed E-state index contributed by atoms with van der Waals surface area (Å²) in [5, 5.41) is 11.7. The summed E-state index contributed by atoms with van der Waals surface area (Å²) in [6.45, 7) is 3.88. The summed E-state index contributed by atoms with van der Waals surface area (Å²) >= 11 is 0. The second kappa shape index (κ2) is 5.63. The fourth-order valence-electron chi connectivity index (χ4n) is 1.24. The first-order chi connectivity index (χ1) is 8.32. The molecule has 1 aromatic rings. The van der Waals surface area contributed by atoms with Crippen molar-refractivity contribution in [2.75, 3.05) is 13.2 Å². The summed E-state index contributed by atoms with van der Waals surface area (Å²) in [6, 6.07) is 1.16. The minimum atomic E-state index is -0.638. The molecule has 7 heteroatoms. The summed E-state index contributed by atoms with van der Waals surface area (Å²) in [5.74, 6) is -0.322. The molecule has 0 bridgehead atoms. The molecule has 0 aromatic carbocycles. The summed E-state index contributed by atoms with van der Waals surface area (Å²) in [7, 11) is 0. The molecule has 0 aliphatic heterocycles. The lowest BCUT2D eigenvalue weighted by Gasteiger charge is -2.21. The number of nitrogens with one attached hydrogen (secondary N) is 3. The van der Waals surface area contributed by atoms with Gasteiger partial charge >= 0.3 is 5.69 Å². The van der Waals surface area contributed by atoms with Gasteiger partial charge in [-0.25, -0.2) is 4.79 Å². The first-order valence-corrected chi connectivity index (χ1v) is 5.52. The average Bonchev–Trinajstić information content (AvgIpc) is 2.25. The van der Waals surface area contributed by atoms with E-state index in [9.17, 15) is 14.4 Å². The second-order valence-electron chi connectivity index (χ2n) is 4.89. The highest BCUT2D eigenvalue weighted by molar-refractivity contribution is 5.78. The minimum absolute atomic E-state index is 0.0465. The molecule has 0 spiro atoms. The number of aromatic nitrogens is 2. The molecule has 0 saturated carbocycles. The summed E-state index contributed by atoms with van der Waals surface area (Å²) in [5.41, 5.74) is -1.33. The number of aliphatic hydroxyl groups is 1. The van der Waals surface area contributed by atoms with Gasteiger partial charge in [-0.05, 0) is 0 Å². The molecule has 0 radical (unpaired) electrons. The zero-order chi connectivity index (χ0) is 13.8. The van der Waals surface area contributed by atoms with Crippen molar-refractivity contribution in [1.82, 2.24) is 15.3 Å². The highest BCUT2D eigenvalue weighted by Crippen LogP contribution is 2.10. The van der Waals surface area contributed by atoms with Gasteiger partial charge in [-0.15, -0.1) is 0 Å². The SMILES string of the molecule is CC(C)(CO)CNC(=O)Cc1cc(=O)[nH]c(=O)[nH]1. The first kappa shape index (κ1) is 14.2.